The van der Waals surface area contributed by atoms with Crippen LogP contribution in [0.4, 0.5) is 4.39 Å². The van der Waals surface area contributed by atoms with Crippen LogP contribution in [0.5, 0.6) is 11.6 Å². The Morgan fingerprint density at radius 2 is 2.03 bits per heavy atom. The highest BCUT2D eigenvalue weighted by Crippen LogP contribution is 2.18. The molecule has 0 radical (unpaired) electrons. The van der Waals surface area contributed by atoms with E-state index >= 15 is 0 Å². The Labute approximate surface area is 167 Å². The molecule has 0 aliphatic rings. The van der Waals surface area contributed by atoms with Crippen LogP contribution in [0.1, 0.15) is 23.1 Å². The lowest BCUT2D eigenvalue weighted by atomic mass is 10.2. The van der Waals surface area contributed by atoms with Gasteiger partial charge in [0.15, 0.2) is 0 Å². The summed E-state index contributed by atoms with van der Waals surface area (Å²) in [5.41, 5.74) is 1.64. The van der Waals surface area contributed by atoms with Gasteiger partial charge in [0.05, 0.1) is 25.6 Å². The SMILES string of the molecule is CCOc1ccc(-c2ccnc(C(=O)NCCc3cc(OC)cnc3F)n2)cn1. The number of nitrogens with one attached hydrogen (secondary N) is 1. The van der Waals surface area contributed by atoms with Gasteiger partial charge in [-0.05, 0) is 31.5 Å². The topological polar surface area (TPSA) is 99.1 Å². The summed E-state index contributed by atoms with van der Waals surface area (Å²) >= 11 is 0. The van der Waals surface area contributed by atoms with Crippen molar-refractivity contribution in [2.24, 2.45) is 0 Å². The van der Waals surface area contributed by atoms with Crippen LogP contribution in [-0.2, 0) is 6.42 Å². The highest BCUT2D eigenvalue weighted by Gasteiger charge is 2.12. The van der Waals surface area contributed by atoms with E-state index in [0.29, 0.717) is 29.5 Å². The molecule has 0 spiro atoms. The van der Waals surface area contributed by atoms with Gasteiger partial charge in [0, 0.05) is 36.1 Å². The molecule has 0 aliphatic carbocycles. The van der Waals surface area contributed by atoms with Gasteiger partial charge in [-0.2, -0.15) is 4.39 Å². The van der Waals surface area contributed by atoms with E-state index in [9.17, 15) is 9.18 Å². The lowest BCUT2D eigenvalue weighted by Gasteiger charge is -2.08. The maximum Gasteiger partial charge on any atom is 0.289 e. The van der Waals surface area contributed by atoms with Crippen molar-refractivity contribution >= 4 is 5.91 Å². The van der Waals surface area contributed by atoms with Gasteiger partial charge in [-0.15, -0.1) is 0 Å². The van der Waals surface area contributed by atoms with E-state index in [-0.39, 0.29) is 18.8 Å². The molecule has 3 aromatic rings. The zero-order valence-corrected chi connectivity index (χ0v) is 16.1. The maximum atomic E-state index is 13.8. The van der Waals surface area contributed by atoms with E-state index in [1.54, 1.807) is 30.5 Å². The number of halogens is 1. The van der Waals surface area contributed by atoms with Crippen LogP contribution < -0.4 is 14.8 Å². The third-order valence-corrected chi connectivity index (χ3v) is 3.99. The Kier molecular flexibility index (Phi) is 6.62. The van der Waals surface area contributed by atoms with Gasteiger partial charge in [0.2, 0.25) is 17.7 Å². The van der Waals surface area contributed by atoms with E-state index < -0.39 is 11.9 Å². The molecular formula is C20H20FN5O3. The van der Waals surface area contributed by atoms with E-state index in [1.807, 2.05) is 6.92 Å². The molecule has 9 heteroatoms. The van der Waals surface area contributed by atoms with E-state index in [1.165, 1.54) is 19.5 Å². The molecule has 0 unspecified atom stereocenters. The lowest BCUT2D eigenvalue weighted by Crippen LogP contribution is -2.27. The van der Waals surface area contributed by atoms with Gasteiger partial charge >= 0.3 is 0 Å². The van der Waals surface area contributed by atoms with Crippen LogP contribution in [0.2, 0.25) is 0 Å². The Morgan fingerprint density at radius 3 is 2.76 bits per heavy atom. The highest BCUT2D eigenvalue weighted by molar-refractivity contribution is 5.90. The largest absolute Gasteiger partial charge is 0.495 e. The number of methoxy groups -OCH3 is 1. The standard InChI is InChI=1S/C20H20FN5O3/c1-3-29-17-5-4-14(11-24-17)16-7-9-22-19(26-16)20(27)23-8-6-13-10-15(28-2)12-25-18(13)21/h4-5,7,9-12H,3,6,8H2,1-2H3,(H,23,27). The first kappa shape index (κ1) is 20.1. The number of nitrogens with zero attached hydrogens (tertiary/aromatic N) is 4. The Morgan fingerprint density at radius 1 is 1.17 bits per heavy atom. The Balaban J connectivity index is 1.63. The Hall–Kier alpha value is -3.62. The van der Waals surface area contributed by atoms with Crippen LogP contribution >= 0.6 is 0 Å². The first-order valence-electron chi connectivity index (χ1n) is 8.99. The van der Waals surface area contributed by atoms with Crippen LogP contribution in [0.15, 0.2) is 42.9 Å². The molecule has 0 atom stereocenters. The van der Waals surface area contributed by atoms with Crippen molar-refractivity contribution in [2.45, 2.75) is 13.3 Å². The maximum absolute atomic E-state index is 13.8. The van der Waals surface area contributed by atoms with Gasteiger partial charge in [0.25, 0.3) is 5.91 Å². The first-order valence-corrected chi connectivity index (χ1v) is 8.99. The summed E-state index contributed by atoms with van der Waals surface area (Å²) in [4.78, 5) is 28.5. The molecule has 0 bridgehead atoms. The van der Waals surface area contributed by atoms with Crippen LogP contribution in [-0.4, -0.2) is 46.1 Å². The van der Waals surface area contributed by atoms with Crippen molar-refractivity contribution in [2.75, 3.05) is 20.3 Å². The minimum atomic E-state index is -0.596. The van der Waals surface area contributed by atoms with Crippen molar-refractivity contribution in [3.8, 4) is 22.9 Å². The van der Waals surface area contributed by atoms with Crippen LogP contribution in [0, 0.1) is 5.95 Å². The lowest BCUT2D eigenvalue weighted by molar-refractivity contribution is 0.0943. The van der Waals surface area contributed by atoms with E-state index in [4.69, 9.17) is 9.47 Å². The molecule has 29 heavy (non-hydrogen) atoms. The summed E-state index contributed by atoms with van der Waals surface area (Å²) in [6.07, 6.45) is 4.67. The number of ether oxygens (including phenoxy) is 2. The number of hydrogen-bond acceptors (Lipinski definition) is 7. The molecule has 3 rings (SSSR count). The molecule has 0 aliphatic heterocycles. The summed E-state index contributed by atoms with van der Waals surface area (Å²) in [7, 11) is 1.48. The smallest absolute Gasteiger partial charge is 0.289 e. The second-order valence-corrected chi connectivity index (χ2v) is 5.91. The summed E-state index contributed by atoms with van der Waals surface area (Å²) in [6, 6.07) is 6.77. The average Bonchev–Trinajstić information content (AvgIpc) is 2.76. The third-order valence-electron chi connectivity index (χ3n) is 3.99. The Bertz CT molecular complexity index is 982. The number of hydrogen-bond donors (Lipinski definition) is 1. The van der Waals surface area contributed by atoms with Crippen molar-refractivity contribution in [1.29, 1.82) is 0 Å². The number of carbonyl (C=O) groups is 1. The highest BCUT2D eigenvalue weighted by atomic mass is 19.1. The third kappa shape index (κ3) is 5.22. The quantitative estimate of drug-likeness (QED) is 0.583. The van der Waals surface area contributed by atoms with Crippen LogP contribution in [0.3, 0.4) is 0 Å². The van der Waals surface area contributed by atoms with Crippen molar-refractivity contribution in [1.82, 2.24) is 25.3 Å². The number of carbonyl (C=O) groups excluding carboxylic acids is 1. The zero-order chi connectivity index (χ0) is 20.6. The van der Waals surface area contributed by atoms with Gasteiger partial charge < -0.3 is 14.8 Å². The fourth-order valence-corrected chi connectivity index (χ4v) is 2.54. The van der Waals surface area contributed by atoms with Gasteiger partial charge in [-0.25, -0.2) is 19.9 Å². The van der Waals surface area contributed by atoms with Crippen molar-refractivity contribution < 1.29 is 18.7 Å². The molecule has 8 nitrogen and oxygen atoms in total. The van der Waals surface area contributed by atoms with Crippen LogP contribution in [0.25, 0.3) is 11.3 Å². The number of pyridine rings is 2. The van der Waals surface area contributed by atoms with Gasteiger partial charge in [-0.3, -0.25) is 4.79 Å². The zero-order valence-electron chi connectivity index (χ0n) is 16.1. The first-order chi connectivity index (χ1) is 14.1. The fraction of sp³-hybridized carbons (Fsp3) is 0.250. The molecule has 1 amide bonds. The molecule has 0 aromatic carbocycles. The molecule has 3 aromatic heterocycles. The number of rotatable bonds is 8. The molecule has 0 saturated heterocycles. The monoisotopic (exact) mass is 397 g/mol. The molecule has 3 heterocycles. The molecular weight excluding hydrogens is 377 g/mol. The summed E-state index contributed by atoms with van der Waals surface area (Å²) in [5, 5.41) is 2.68. The molecule has 150 valence electrons. The predicted molar refractivity (Wildman–Crippen MR) is 103 cm³/mol. The van der Waals surface area contributed by atoms with Gasteiger partial charge in [-0.1, -0.05) is 0 Å². The summed E-state index contributed by atoms with van der Waals surface area (Å²) < 4.78 is 24.1. The van der Waals surface area contributed by atoms with Gasteiger partial charge in [0.1, 0.15) is 5.75 Å². The van der Waals surface area contributed by atoms with E-state index in [2.05, 4.69) is 25.3 Å². The normalized spacial score (nSPS) is 10.4. The second kappa shape index (κ2) is 9.54. The summed E-state index contributed by atoms with van der Waals surface area (Å²) in [6.45, 7) is 2.60. The average molecular weight is 397 g/mol. The predicted octanol–water partition coefficient (Wildman–Crippen LogP) is 2.45. The summed E-state index contributed by atoms with van der Waals surface area (Å²) in [5.74, 6) is -0.0702. The number of amides is 1. The van der Waals surface area contributed by atoms with Crippen molar-refractivity contribution in [3.05, 3.63) is 60.2 Å². The second-order valence-electron chi connectivity index (χ2n) is 5.91. The minimum Gasteiger partial charge on any atom is -0.495 e. The fourth-order valence-electron chi connectivity index (χ4n) is 2.54. The van der Waals surface area contributed by atoms with Crippen molar-refractivity contribution in [3.63, 3.8) is 0 Å². The number of aromatic nitrogens is 4. The minimum absolute atomic E-state index is 0.0145. The van der Waals surface area contributed by atoms with E-state index in [0.717, 1.165) is 5.56 Å². The molecule has 0 saturated carbocycles. The molecule has 1 N–H and O–H groups in total. The molecule has 0 fully saturated rings.